The summed E-state index contributed by atoms with van der Waals surface area (Å²) in [6, 6.07) is 13.7. The molecule has 0 aliphatic heterocycles. The number of carbonyl (C=O) groups is 1. The van der Waals surface area contributed by atoms with E-state index in [1.807, 2.05) is 12.1 Å². The minimum Gasteiger partial charge on any atom is -0.489 e. The highest BCUT2D eigenvalue weighted by Gasteiger charge is 2.01. The van der Waals surface area contributed by atoms with E-state index in [0.717, 1.165) is 11.8 Å². The van der Waals surface area contributed by atoms with Crippen molar-refractivity contribution < 1.29 is 13.9 Å². The second-order valence-corrected chi connectivity index (χ2v) is 3.94. The number of carbonyl (C=O) groups excluding carboxylic acids is 1. The molecular formula is C16H13FO2. The molecule has 2 nitrogen and oxygen atoms in total. The fourth-order valence-electron chi connectivity index (χ4n) is 1.60. The Bertz CT molecular complexity index is 574. The lowest BCUT2D eigenvalue weighted by Crippen LogP contribution is -1.97. The van der Waals surface area contributed by atoms with Gasteiger partial charge in [-0.2, -0.15) is 0 Å². The zero-order chi connectivity index (χ0) is 13.5. The van der Waals surface area contributed by atoms with Gasteiger partial charge in [-0.15, -0.1) is 0 Å². The van der Waals surface area contributed by atoms with Crippen LogP contribution in [0.15, 0.2) is 54.6 Å². The Morgan fingerprint density at radius 2 is 1.79 bits per heavy atom. The van der Waals surface area contributed by atoms with E-state index in [1.54, 1.807) is 36.4 Å². The van der Waals surface area contributed by atoms with E-state index in [0.29, 0.717) is 11.3 Å². The van der Waals surface area contributed by atoms with Crippen molar-refractivity contribution in [2.45, 2.75) is 6.61 Å². The Balaban J connectivity index is 1.98. The summed E-state index contributed by atoms with van der Waals surface area (Å²) in [4.78, 5) is 10.2. The average Bonchev–Trinajstić information content (AvgIpc) is 2.45. The topological polar surface area (TPSA) is 26.3 Å². The van der Waals surface area contributed by atoms with Gasteiger partial charge in [0, 0.05) is 5.56 Å². The summed E-state index contributed by atoms with van der Waals surface area (Å²) in [5.41, 5.74) is 1.43. The number of allylic oxidation sites excluding steroid dienone is 1. The summed E-state index contributed by atoms with van der Waals surface area (Å²) in [7, 11) is 0. The normalized spacial score (nSPS) is 10.6. The number of hydrogen-bond donors (Lipinski definition) is 0. The highest BCUT2D eigenvalue weighted by Crippen LogP contribution is 2.16. The van der Waals surface area contributed by atoms with Gasteiger partial charge < -0.3 is 4.74 Å². The van der Waals surface area contributed by atoms with Crippen molar-refractivity contribution in [3.63, 3.8) is 0 Å². The van der Waals surface area contributed by atoms with E-state index in [-0.39, 0.29) is 12.4 Å². The molecule has 96 valence electrons. The summed E-state index contributed by atoms with van der Waals surface area (Å²) in [6.45, 7) is 0.191. The summed E-state index contributed by atoms with van der Waals surface area (Å²) in [5, 5.41) is 0. The lowest BCUT2D eigenvalue weighted by molar-refractivity contribution is -0.104. The largest absolute Gasteiger partial charge is 0.489 e. The monoisotopic (exact) mass is 256 g/mol. The molecule has 0 radical (unpaired) electrons. The first-order valence-electron chi connectivity index (χ1n) is 5.88. The molecule has 0 saturated heterocycles. The van der Waals surface area contributed by atoms with Gasteiger partial charge in [-0.05, 0) is 29.8 Å². The molecule has 0 aliphatic rings. The minimum absolute atomic E-state index is 0.191. The summed E-state index contributed by atoms with van der Waals surface area (Å²) >= 11 is 0. The van der Waals surface area contributed by atoms with Crippen LogP contribution in [0.3, 0.4) is 0 Å². The quantitative estimate of drug-likeness (QED) is 0.603. The summed E-state index contributed by atoms with van der Waals surface area (Å²) in [5.74, 6) is 0.388. The van der Waals surface area contributed by atoms with Gasteiger partial charge in [0.1, 0.15) is 24.5 Å². The van der Waals surface area contributed by atoms with Gasteiger partial charge in [-0.1, -0.05) is 36.4 Å². The van der Waals surface area contributed by atoms with E-state index in [9.17, 15) is 9.18 Å². The van der Waals surface area contributed by atoms with Crippen molar-refractivity contribution >= 4 is 12.4 Å². The Morgan fingerprint density at radius 1 is 1.05 bits per heavy atom. The standard InChI is InChI=1S/C16H13FO2/c17-16-6-2-1-5-14(16)12-19-15-9-7-13(8-10-15)4-3-11-18/h1-11H,12H2. The smallest absolute Gasteiger partial charge is 0.142 e. The molecule has 19 heavy (non-hydrogen) atoms. The van der Waals surface area contributed by atoms with Crippen LogP contribution in [0.1, 0.15) is 11.1 Å². The number of benzene rings is 2. The van der Waals surface area contributed by atoms with Crippen LogP contribution in [0.5, 0.6) is 5.75 Å². The molecule has 0 atom stereocenters. The molecule has 0 saturated carbocycles. The molecule has 0 aromatic heterocycles. The molecule has 3 heteroatoms. The van der Waals surface area contributed by atoms with Crippen molar-refractivity contribution in [1.29, 1.82) is 0 Å². The molecule has 0 heterocycles. The zero-order valence-corrected chi connectivity index (χ0v) is 10.3. The van der Waals surface area contributed by atoms with Crippen molar-refractivity contribution in [1.82, 2.24) is 0 Å². The molecule has 0 unspecified atom stereocenters. The predicted molar refractivity (Wildman–Crippen MR) is 72.3 cm³/mol. The molecular weight excluding hydrogens is 243 g/mol. The first-order chi connectivity index (χ1) is 9.29. The SMILES string of the molecule is O=CC=Cc1ccc(OCc2ccccc2F)cc1. The van der Waals surface area contributed by atoms with Crippen LogP contribution in [0, 0.1) is 5.82 Å². The third kappa shape index (κ3) is 3.78. The molecule has 0 N–H and O–H groups in total. The van der Waals surface area contributed by atoms with E-state index >= 15 is 0 Å². The lowest BCUT2D eigenvalue weighted by atomic mass is 10.2. The molecule has 0 fully saturated rings. The van der Waals surface area contributed by atoms with Gasteiger partial charge in [0.05, 0.1) is 0 Å². The molecule has 2 aromatic rings. The maximum Gasteiger partial charge on any atom is 0.142 e. The maximum atomic E-state index is 13.4. The zero-order valence-electron chi connectivity index (χ0n) is 10.3. The summed E-state index contributed by atoms with van der Waals surface area (Å²) in [6.07, 6.45) is 3.85. The van der Waals surface area contributed by atoms with Crippen LogP contribution in [-0.2, 0) is 11.4 Å². The van der Waals surface area contributed by atoms with Gasteiger partial charge in [-0.25, -0.2) is 4.39 Å². The Kier molecular flexibility index (Phi) is 4.45. The maximum absolute atomic E-state index is 13.4. The fraction of sp³-hybridized carbons (Fsp3) is 0.0625. The van der Waals surface area contributed by atoms with Crippen LogP contribution in [-0.4, -0.2) is 6.29 Å². The molecule has 0 aliphatic carbocycles. The summed E-state index contributed by atoms with van der Waals surface area (Å²) < 4.78 is 18.9. The third-order valence-corrected chi connectivity index (χ3v) is 2.60. The molecule has 0 bridgehead atoms. The van der Waals surface area contributed by atoms with E-state index in [2.05, 4.69) is 0 Å². The molecule has 2 aromatic carbocycles. The van der Waals surface area contributed by atoms with Crippen molar-refractivity contribution in [3.05, 3.63) is 71.6 Å². The Hall–Kier alpha value is -2.42. The lowest BCUT2D eigenvalue weighted by Gasteiger charge is -2.07. The van der Waals surface area contributed by atoms with E-state index in [4.69, 9.17) is 4.74 Å². The highest BCUT2D eigenvalue weighted by molar-refractivity contribution is 5.73. The van der Waals surface area contributed by atoms with Gasteiger partial charge >= 0.3 is 0 Å². The van der Waals surface area contributed by atoms with Gasteiger partial charge in [-0.3, -0.25) is 4.79 Å². The van der Waals surface area contributed by atoms with E-state index in [1.165, 1.54) is 12.1 Å². The van der Waals surface area contributed by atoms with Crippen molar-refractivity contribution in [2.24, 2.45) is 0 Å². The number of rotatable bonds is 5. The first kappa shape index (κ1) is 13.0. The second kappa shape index (κ2) is 6.50. The Morgan fingerprint density at radius 3 is 2.47 bits per heavy atom. The number of ether oxygens (including phenoxy) is 1. The van der Waals surface area contributed by atoms with Gasteiger partial charge in [0.15, 0.2) is 0 Å². The second-order valence-electron chi connectivity index (χ2n) is 3.94. The number of hydrogen-bond acceptors (Lipinski definition) is 2. The molecule has 0 amide bonds. The highest BCUT2D eigenvalue weighted by atomic mass is 19.1. The average molecular weight is 256 g/mol. The van der Waals surface area contributed by atoms with Crippen LogP contribution in [0.25, 0.3) is 6.08 Å². The van der Waals surface area contributed by atoms with Crippen LogP contribution < -0.4 is 4.74 Å². The molecule has 2 rings (SSSR count). The first-order valence-corrected chi connectivity index (χ1v) is 5.88. The number of halogens is 1. The van der Waals surface area contributed by atoms with Crippen molar-refractivity contribution in [2.75, 3.05) is 0 Å². The van der Waals surface area contributed by atoms with Crippen LogP contribution in [0.4, 0.5) is 4.39 Å². The predicted octanol–water partition coefficient (Wildman–Crippen LogP) is 3.62. The van der Waals surface area contributed by atoms with Crippen LogP contribution >= 0.6 is 0 Å². The van der Waals surface area contributed by atoms with Crippen LogP contribution in [0.2, 0.25) is 0 Å². The third-order valence-electron chi connectivity index (χ3n) is 2.60. The minimum atomic E-state index is -0.270. The number of aldehydes is 1. The molecule has 0 spiro atoms. The van der Waals surface area contributed by atoms with Gasteiger partial charge in [0.25, 0.3) is 0 Å². The van der Waals surface area contributed by atoms with Gasteiger partial charge in [0.2, 0.25) is 0 Å². The van der Waals surface area contributed by atoms with Crippen molar-refractivity contribution in [3.8, 4) is 5.75 Å². The van der Waals surface area contributed by atoms with E-state index < -0.39 is 0 Å². The fourth-order valence-corrected chi connectivity index (χ4v) is 1.60. The Labute approximate surface area is 111 Å².